The van der Waals surface area contributed by atoms with Gasteiger partial charge >= 0.3 is 0 Å². The fraction of sp³-hybridized carbons (Fsp3) is 0.0833. The third-order valence-corrected chi connectivity index (χ3v) is 1.82. The maximum Gasteiger partial charge on any atom is 0.178 e. The van der Waals surface area contributed by atoms with Crippen LogP contribution in [-0.4, -0.2) is 12.9 Å². The third kappa shape index (κ3) is 3.06. The van der Waals surface area contributed by atoms with Crippen LogP contribution in [0.5, 0.6) is 5.75 Å². The van der Waals surface area contributed by atoms with Gasteiger partial charge in [0.1, 0.15) is 0 Å². The molecule has 0 spiro atoms. The molecule has 0 heterocycles. The number of carbonyl (C=O) groups is 1. The van der Waals surface area contributed by atoms with Crippen LogP contribution in [-0.2, 0) is 4.79 Å². The minimum atomic E-state index is -0.426. The molecule has 0 aliphatic heterocycles. The SMILES string of the molecule is C=CC(=O)/C=C/c1ccc(F)c(OC)c1. The normalized spacial score (nSPS) is 10.3. The molecule has 3 heteroatoms. The van der Waals surface area contributed by atoms with Gasteiger partial charge in [-0.2, -0.15) is 0 Å². The molecular weight excluding hydrogens is 195 g/mol. The van der Waals surface area contributed by atoms with Gasteiger partial charge in [-0.15, -0.1) is 0 Å². The molecule has 0 saturated carbocycles. The minimum Gasteiger partial charge on any atom is -0.494 e. The molecule has 0 N–H and O–H groups in total. The first-order chi connectivity index (χ1) is 7.17. The van der Waals surface area contributed by atoms with Gasteiger partial charge < -0.3 is 4.74 Å². The predicted octanol–water partition coefficient (Wildman–Crippen LogP) is 2.60. The molecule has 0 aliphatic rings. The molecular formula is C12H11FO2. The topological polar surface area (TPSA) is 26.3 Å². The van der Waals surface area contributed by atoms with E-state index >= 15 is 0 Å². The average molecular weight is 206 g/mol. The number of rotatable bonds is 4. The first kappa shape index (κ1) is 11.2. The van der Waals surface area contributed by atoms with Gasteiger partial charge in [-0.1, -0.05) is 18.7 Å². The molecule has 0 atom stereocenters. The maximum absolute atomic E-state index is 13.0. The van der Waals surface area contributed by atoms with Gasteiger partial charge in [-0.05, 0) is 29.8 Å². The van der Waals surface area contributed by atoms with Crippen molar-refractivity contribution in [3.05, 3.63) is 48.3 Å². The average Bonchev–Trinajstić information content (AvgIpc) is 2.27. The van der Waals surface area contributed by atoms with Crippen LogP contribution in [0.3, 0.4) is 0 Å². The van der Waals surface area contributed by atoms with E-state index in [1.54, 1.807) is 12.1 Å². The number of allylic oxidation sites excluding steroid dienone is 2. The van der Waals surface area contributed by atoms with Gasteiger partial charge in [0.15, 0.2) is 17.3 Å². The van der Waals surface area contributed by atoms with Gasteiger partial charge in [0, 0.05) is 0 Å². The third-order valence-electron chi connectivity index (χ3n) is 1.82. The van der Waals surface area contributed by atoms with Crippen molar-refractivity contribution in [3.8, 4) is 5.75 Å². The monoisotopic (exact) mass is 206 g/mol. The number of ether oxygens (including phenoxy) is 1. The zero-order valence-electron chi connectivity index (χ0n) is 8.37. The van der Waals surface area contributed by atoms with Crippen LogP contribution < -0.4 is 4.74 Å². The van der Waals surface area contributed by atoms with E-state index in [4.69, 9.17) is 4.74 Å². The molecule has 1 aromatic carbocycles. The maximum atomic E-state index is 13.0. The quantitative estimate of drug-likeness (QED) is 0.708. The minimum absolute atomic E-state index is 0.156. The molecule has 0 radical (unpaired) electrons. The Balaban J connectivity index is 2.92. The first-order valence-corrected chi connectivity index (χ1v) is 4.35. The second-order valence-corrected chi connectivity index (χ2v) is 2.83. The lowest BCUT2D eigenvalue weighted by Crippen LogP contribution is -1.88. The van der Waals surface area contributed by atoms with E-state index in [9.17, 15) is 9.18 Å². The van der Waals surface area contributed by atoms with Crippen LogP contribution in [0.25, 0.3) is 6.08 Å². The number of hydrogen-bond donors (Lipinski definition) is 0. The highest BCUT2D eigenvalue weighted by Gasteiger charge is 2.01. The van der Waals surface area contributed by atoms with E-state index in [-0.39, 0.29) is 11.5 Å². The molecule has 0 fully saturated rings. The van der Waals surface area contributed by atoms with Crippen molar-refractivity contribution in [1.29, 1.82) is 0 Å². The summed E-state index contributed by atoms with van der Waals surface area (Å²) in [6, 6.07) is 4.36. The summed E-state index contributed by atoms with van der Waals surface area (Å²) >= 11 is 0. The van der Waals surface area contributed by atoms with Crippen LogP contribution in [0.15, 0.2) is 36.9 Å². The Morgan fingerprint density at radius 2 is 2.27 bits per heavy atom. The van der Waals surface area contributed by atoms with Crippen LogP contribution in [0.1, 0.15) is 5.56 Å². The summed E-state index contributed by atoms with van der Waals surface area (Å²) in [5.74, 6) is -0.466. The van der Waals surface area contributed by atoms with Crippen molar-refractivity contribution in [1.82, 2.24) is 0 Å². The zero-order chi connectivity index (χ0) is 11.3. The Morgan fingerprint density at radius 3 is 2.87 bits per heavy atom. The summed E-state index contributed by atoms with van der Waals surface area (Å²) in [5.41, 5.74) is 0.698. The van der Waals surface area contributed by atoms with Gasteiger partial charge in [0.25, 0.3) is 0 Å². The standard InChI is InChI=1S/C12H11FO2/c1-3-10(14)6-4-9-5-7-11(13)12(8-9)15-2/h3-8H,1H2,2H3/b6-4+. The summed E-state index contributed by atoms with van der Waals surface area (Å²) in [5, 5.41) is 0. The van der Waals surface area contributed by atoms with Crippen LogP contribution >= 0.6 is 0 Å². The van der Waals surface area contributed by atoms with E-state index in [0.717, 1.165) is 0 Å². The summed E-state index contributed by atoms with van der Waals surface area (Å²) in [4.78, 5) is 10.9. The van der Waals surface area contributed by atoms with Crippen molar-refractivity contribution in [3.63, 3.8) is 0 Å². The van der Waals surface area contributed by atoms with Gasteiger partial charge in [0.2, 0.25) is 0 Å². The summed E-state index contributed by atoms with van der Waals surface area (Å²) in [6.45, 7) is 3.34. The highest BCUT2D eigenvalue weighted by atomic mass is 19.1. The van der Waals surface area contributed by atoms with E-state index in [1.807, 2.05) is 0 Å². The molecule has 0 aliphatic carbocycles. The summed E-state index contributed by atoms with van der Waals surface area (Å²) in [7, 11) is 1.39. The van der Waals surface area contributed by atoms with Crippen LogP contribution in [0.4, 0.5) is 4.39 Å². The van der Waals surface area contributed by atoms with E-state index < -0.39 is 5.82 Å². The molecule has 1 rings (SSSR count). The lowest BCUT2D eigenvalue weighted by atomic mass is 10.2. The van der Waals surface area contributed by atoms with Gasteiger partial charge in [0.05, 0.1) is 7.11 Å². The molecule has 0 bridgehead atoms. The number of ketones is 1. The lowest BCUT2D eigenvalue weighted by Gasteiger charge is -2.01. The summed E-state index contributed by atoms with van der Waals surface area (Å²) in [6.07, 6.45) is 4.14. The Morgan fingerprint density at radius 1 is 1.53 bits per heavy atom. The van der Waals surface area contributed by atoms with E-state index in [1.165, 1.54) is 31.4 Å². The number of benzene rings is 1. The molecule has 15 heavy (non-hydrogen) atoms. The lowest BCUT2D eigenvalue weighted by molar-refractivity contribution is -0.110. The highest BCUT2D eigenvalue weighted by Crippen LogP contribution is 2.18. The van der Waals surface area contributed by atoms with E-state index in [0.29, 0.717) is 5.56 Å². The largest absolute Gasteiger partial charge is 0.494 e. The van der Waals surface area contributed by atoms with Crippen LogP contribution in [0.2, 0.25) is 0 Å². The predicted molar refractivity (Wildman–Crippen MR) is 57.2 cm³/mol. The van der Waals surface area contributed by atoms with Crippen molar-refractivity contribution in [2.45, 2.75) is 0 Å². The first-order valence-electron chi connectivity index (χ1n) is 4.35. The smallest absolute Gasteiger partial charge is 0.178 e. The molecule has 0 unspecified atom stereocenters. The van der Waals surface area contributed by atoms with Crippen molar-refractivity contribution in [2.24, 2.45) is 0 Å². The zero-order valence-corrected chi connectivity index (χ0v) is 8.37. The van der Waals surface area contributed by atoms with Crippen molar-refractivity contribution >= 4 is 11.9 Å². The van der Waals surface area contributed by atoms with Gasteiger partial charge in [-0.3, -0.25) is 4.79 Å². The molecule has 0 amide bonds. The Kier molecular flexibility index (Phi) is 3.80. The second kappa shape index (κ2) is 5.10. The fourth-order valence-corrected chi connectivity index (χ4v) is 1.03. The number of carbonyl (C=O) groups excluding carboxylic acids is 1. The van der Waals surface area contributed by atoms with E-state index in [2.05, 4.69) is 6.58 Å². The Labute approximate surface area is 87.7 Å². The highest BCUT2D eigenvalue weighted by molar-refractivity contribution is 6.01. The number of halogens is 1. The summed E-state index contributed by atoms with van der Waals surface area (Å²) < 4.78 is 17.8. The fourth-order valence-electron chi connectivity index (χ4n) is 1.03. The Hall–Kier alpha value is -1.90. The second-order valence-electron chi connectivity index (χ2n) is 2.83. The molecule has 1 aromatic rings. The molecule has 78 valence electrons. The molecule has 2 nitrogen and oxygen atoms in total. The molecule has 0 aromatic heterocycles. The van der Waals surface area contributed by atoms with Crippen molar-refractivity contribution in [2.75, 3.05) is 7.11 Å². The number of methoxy groups -OCH3 is 1. The Bertz CT molecular complexity index is 408. The van der Waals surface area contributed by atoms with Crippen LogP contribution in [0, 0.1) is 5.82 Å². The molecule has 0 saturated heterocycles. The number of hydrogen-bond acceptors (Lipinski definition) is 2. The van der Waals surface area contributed by atoms with Gasteiger partial charge in [-0.25, -0.2) is 4.39 Å². The van der Waals surface area contributed by atoms with Crippen molar-refractivity contribution < 1.29 is 13.9 Å².